The lowest BCUT2D eigenvalue weighted by atomic mass is 9.99. The van der Waals surface area contributed by atoms with Crippen LogP contribution in [0.4, 0.5) is 11.4 Å². The van der Waals surface area contributed by atoms with Crippen LogP contribution in [0, 0.1) is 21.4 Å². The number of non-ortho nitro benzene ring substituents is 1. The van der Waals surface area contributed by atoms with Gasteiger partial charge in [0.25, 0.3) is 5.69 Å². The molecule has 7 nitrogen and oxygen atoms in total. The number of halogens is 1. The van der Waals surface area contributed by atoms with Gasteiger partial charge in [-0.1, -0.05) is 71.9 Å². The third-order valence-electron chi connectivity index (χ3n) is 5.30. The Morgan fingerprint density at radius 2 is 1.78 bits per heavy atom. The van der Waals surface area contributed by atoms with Crippen molar-refractivity contribution < 1.29 is 9.72 Å². The Kier molecular flexibility index (Phi) is 7.64. The Hall–Kier alpha value is -4.19. The SMILES string of the molecule is CC(Sc1nc(-c2ccc(Cl)cc2)cc(-c2ccccc2)c1C#N)C(=O)Nc1cccc([N+](=O)[O-])c1. The predicted octanol–water partition coefficient (Wildman–Crippen LogP) is 6.97. The number of nitro groups is 1. The van der Waals surface area contributed by atoms with Gasteiger partial charge < -0.3 is 5.32 Å². The molecule has 178 valence electrons. The molecule has 9 heteroatoms. The monoisotopic (exact) mass is 514 g/mol. The van der Waals surface area contributed by atoms with Crippen LogP contribution >= 0.6 is 23.4 Å². The Balaban J connectivity index is 1.70. The maximum Gasteiger partial charge on any atom is 0.271 e. The first-order valence-corrected chi connectivity index (χ1v) is 12.1. The summed E-state index contributed by atoms with van der Waals surface area (Å²) >= 11 is 7.20. The smallest absolute Gasteiger partial charge is 0.271 e. The third kappa shape index (κ3) is 5.71. The first-order chi connectivity index (χ1) is 17.4. The maximum absolute atomic E-state index is 12.9. The largest absolute Gasteiger partial charge is 0.325 e. The summed E-state index contributed by atoms with van der Waals surface area (Å²) in [5.74, 6) is -0.371. The van der Waals surface area contributed by atoms with Crippen LogP contribution in [0.1, 0.15) is 12.5 Å². The molecule has 0 saturated carbocycles. The number of anilines is 1. The van der Waals surface area contributed by atoms with Gasteiger partial charge in [-0.2, -0.15) is 5.26 Å². The standard InChI is InChI=1S/C27H19ClN4O3S/c1-17(26(33)30-21-8-5-9-22(14-21)32(34)35)36-27-24(16-29)23(18-6-3-2-4-7-18)15-25(31-27)19-10-12-20(28)13-11-19/h2-15,17H,1H3,(H,30,33). The van der Waals surface area contributed by atoms with Gasteiger partial charge in [-0.15, -0.1) is 0 Å². The second-order valence-corrected chi connectivity index (χ2v) is 9.54. The minimum absolute atomic E-state index is 0.121. The number of amides is 1. The lowest BCUT2D eigenvalue weighted by molar-refractivity contribution is -0.384. The number of nitriles is 1. The number of carbonyl (C=O) groups excluding carboxylic acids is 1. The van der Waals surface area contributed by atoms with E-state index >= 15 is 0 Å². The zero-order valence-electron chi connectivity index (χ0n) is 19.0. The molecule has 0 saturated heterocycles. The summed E-state index contributed by atoms with van der Waals surface area (Å²) in [7, 11) is 0. The van der Waals surface area contributed by atoms with Gasteiger partial charge in [-0.25, -0.2) is 4.98 Å². The highest BCUT2D eigenvalue weighted by Gasteiger charge is 2.22. The molecule has 0 aliphatic rings. The highest BCUT2D eigenvalue weighted by molar-refractivity contribution is 8.00. The summed E-state index contributed by atoms with van der Waals surface area (Å²) in [6, 6.07) is 26.6. The lowest BCUT2D eigenvalue weighted by Crippen LogP contribution is -2.22. The van der Waals surface area contributed by atoms with Crippen molar-refractivity contribution in [2.24, 2.45) is 0 Å². The van der Waals surface area contributed by atoms with E-state index in [1.807, 2.05) is 48.5 Å². The van der Waals surface area contributed by atoms with E-state index in [4.69, 9.17) is 16.6 Å². The molecule has 36 heavy (non-hydrogen) atoms. The predicted molar refractivity (Wildman–Crippen MR) is 142 cm³/mol. The lowest BCUT2D eigenvalue weighted by Gasteiger charge is -2.16. The fourth-order valence-electron chi connectivity index (χ4n) is 3.49. The van der Waals surface area contributed by atoms with Crippen molar-refractivity contribution in [1.29, 1.82) is 5.26 Å². The molecular formula is C27H19ClN4O3S. The number of carbonyl (C=O) groups is 1. The van der Waals surface area contributed by atoms with Crippen LogP contribution in [-0.4, -0.2) is 21.1 Å². The van der Waals surface area contributed by atoms with E-state index in [9.17, 15) is 20.2 Å². The van der Waals surface area contributed by atoms with E-state index in [2.05, 4.69) is 11.4 Å². The van der Waals surface area contributed by atoms with Crippen LogP contribution in [0.25, 0.3) is 22.4 Å². The maximum atomic E-state index is 12.9. The zero-order chi connectivity index (χ0) is 25.7. The number of nitrogens with one attached hydrogen (secondary N) is 1. The average Bonchev–Trinajstić information content (AvgIpc) is 2.89. The van der Waals surface area contributed by atoms with Crippen LogP contribution in [-0.2, 0) is 4.79 Å². The molecular weight excluding hydrogens is 496 g/mol. The second kappa shape index (κ2) is 11.0. The summed E-state index contributed by atoms with van der Waals surface area (Å²) < 4.78 is 0. The Morgan fingerprint density at radius 1 is 1.06 bits per heavy atom. The van der Waals surface area contributed by atoms with Gasteiger partial charge in [0.1, 0.15) is 11.1 Å². The van der Waals surface area contributed by atoms with E-state index in [1.165, 1.54) is 18.2 Å². The molecule has 4 rings (SSSR count). The van der Waals surface area contributed by atoms with E-state index in [0.717, 1.165) is 22.9 Å². The van der Waals surface area contributed by atoms with Gasteiger partial charge in [0.15, 0.2) is 0 Å². The van der Waals surface area contributed by atoms with Crippen molar-refractivity contribution in [3.8, 4) is 28.5 Å². The fourth-order valence-corrected chi connectivity index (χ4v) is 4.54. The molecule has 1 unspecified atom stereocenters. The molecule has 0 aliphatic carbocycles. The number of nitrogens with zero attached hydrogens (tertiary/aromatic N) is 3. The molecule has 4 aromatic rings. The highest BCUT2D eigenvalue weighted by Crippen LogP contribution is 2.36. The van der Waals surface area contributed by atoms with Gasteiger partial charge in [0.05, 0.1) is 21.4 Å². The molecule has 3 aromatic carbocycles. The van der Waals surface area contributed by atoms with E-state index in [0.29, 0.717) is 32.6 Å². The summed E-state index contributed by atoms with van der Waals surface area (Å²) in [4.78, 5) is 28.2. The minimum atomic E-state index is -0.645. The van der Waals surface area contributed by atoms with Crippen molar-refractivity contribution in [3.63, 3.8) is 0 Å². The Labute approximate surface area is 216 Å². The van der Waals surface area contributed by atoms with E-state index in [-0.39, 0.29) is 11.6 Å². The summed E-state index contributed by atoms with van der Waals surface area (Å²) in [5, 5.41) is 24.1. The van der Waals surface area contributed by atoms with Gasteiger partial charge in [0, 0.05) is 34.0 Å². The zero-order valence-corrected chi connectivity index (χ0v) is 20.6. The minimum Gasteiger partial charge on any atom is -0.325 e. The topological polar surface area (TPSA) is 109 Å². The molecule has 1 atom stereocenters. The van der Waals surface area contributed by atoms with Gasteiger partial charge in [-0.3, -0.25) is 14.9 Å². The summed E-state index contributed by atoms with van der Waals surface area (Å²) in [6.45, 7) is 1.69. The Bertz CT molecular complexity index is 1470. The quantitative estimate of drug-likeness (QED) is 0.162. The number of pyridine rings is 1. The van der Waals surface area contributed by atoms with E-state index < -0.39 is 10.2 Å². The number of hydrogen-bond donors (Lipinski definition) is 1. The number of rotatable bonds is 7. The molecule has 1 aromatic heterocycles. The van der Waals surface area contributed by atoms with Crippen molar-refractivity contribution in [1.82, 2.24) is 4.98 Å². The molecule has 0 aliphatic heterocycles. The fraction of sp³-hybridized carbons (Fsp3) is 0.0741. The Morgan fingerprint density at radius 3 is 2.44 bits per heavy atom. The van der Waals surface area contributed by atoms with E-state index in [1.54, 1.807) is 25.1 Å². The molecule has 0 fully saturated rings. The van der Waals surface area contributed by atoms with Crippen molar-refractivity contribution in [2.45, 2.75) is 17.2 Å². The summed E-state index contributed by atoms with van der Waals surface area (Å²) in [6.07, 6.45) is 0. The second-order valence-electron chi connectivity index (χ2n) is 7.78. The number of nitro benzene ring substituents is 1. The average molecular weight is 515 g/mol. The first-order valence-electron chi connectivity index (χ1n) is 10.8. The van der Waals surface area contributed by atoms with Crippen LogP contribution in [0.2, 0.25) is 5.02 Å². The molecule has 0 radical (unpaired) electrons. The number of benzene rings is 3. The first kappa shape index (κ1) is 24.9. The molecule has 1 N–H and O–H groups in total. The highest BCUT2D eigenvalue weighted by atomic mass is 35.5. The van der Waals surface area contributed by atoms with Crippen molar-refractivity contribution in [3.05, 3.63) is 106 Å². The molecule has 0 bridgehead atoms. The summed E-state index contributed by atoms with van der Waals surface area (Å²) in [5.41, 5.74) is 3.56. The van der Waals surface area contributed by atoms with Crippen LogP contribution in [0.3, 0.4) is 0 Å². The molecule has 1 heterocycles. The third-order valence-corrected chi connectivity index (χ3v) is 6.64. The van der Waals surface area contributed by atoms with Gasteiger partial charge in [-0.05, 0) is 36.8 Å². The van der Waals surface area contributed by atoms with Crippen molar-refractivity contribution in [2.75, 3.05) is 5.32 Å². The van der Waals surface area contributed by atoms with Crippen LogP contribution < -0.4 is 5.32 Å². The number of thioether (sulfide) groups is 1. The molecule has 1 amide bonds. The van der Waals surface area contributed by atoms with Gasteiger partial charge >= 0.3 is 0 Å². The number of aromatic nitrogens is 1. The number of hydrogen-bond acceptors (Lipinski definition) is 6. The van der Waals surface area contributed by atoms with Crippen molar-refractivity contribution >= 4 is 40.6 Å². The van der Waals surface area contributed by atoms with Crippen LogP contribution in [0.5, 0.6) is 0 Å². The normalized spacial score (nSPS) is 11.4. The van der Waals surface area contributed by atoms with Gasteiger partial charge in [0.2, 0.25) is 5.91 Å². The van der Waals surface area contributed by atoms with Crippen LogP contribution in [0.15, 0.2) is 90.0 Å². The molecule has 0 spiro atoms.